The van der Waals surface area contributed by atoms with Crippen molar-refractivity contribution in [3.8, 4) is 0 Å². The molecule has 0 bridgehead atoms. The minimum Gasteiger partial charge on any atom is -0.481 e. The molecule has 0 aliphatic carbocycles. The number of hydrogen-bond donors (Lipinski definition) is 3. The van der Waals surface area contributed by atoms with Crippen LogP contribution in [0.3, 0.4) is 0 Å². The number of rotatable bonds is 3. The monoisotopic (exact) mass is 191 g/mol. The Hall–Kier alpha value is -1.79. The molecule has 0 rings (SSSR count). The molecular formula is C6H9NO6. The Morgan fingerprint density at radius 3 is 1.77 bits per heavy atom. The van der Waals surface area contributed by atoms with E-state index in [1.165, 1.54) is 6.92 Å². The molecule has 7 nitrogen and oxygen atoms in total. The van der Waals surface area contributed by atoms with Crippen LogP contribution in [0.15, 0.2) is 0 Å². The largest absolute Gasteiger partial charge is 0.481 e. The Morgan fingerprint density at radius 2 is 1.54 bits per heavy atom. The second kappa shape index (κ2) is 4.29. The number of nitrogens with zero attached hydrogens (tertiary/aromatic N) is 1. The van der Waals surface area contributed by atoms with Crippen LogP contribution in [0.1, 0.15) is 13.3 Å². The van der Waals surface area contributed by atoms with Crippen LogP contribution in [0.2, 0.25) is 0 Å². The fourth-order valence-corrected chi connectivity index (χ4v) is 0.803. The summed E-state index contributed by atoms with van der Waals surface area (Å²) in [6, 6.07) is -1.09. The summed E-state index contributed by atoms with van der Waals surface area (Å²) in [6.45, 7) is 1.20. The smallest absolute Gasteiger partial charge is 0.417 e. The Morgan fingerprint density at radius 1 is 1.15 bits per heavy atom. The Labute approximate surface area is 73.2 Å². The van der Waals surface area contributed by atoms with Crippen LogP contribution < -0.4 is 0 Å². The molecule has 0 saturated heterocycles. The van der Waals surface area contributed by atoms with E-state index in [9.17, 15) is 14.4 Å². The summed E-state index contributed by atoms with van der Waals surface area (Å²) >= 11 is 0. The molecule has 0 aliphatic heterocycles. The first-order chi connectivity index (χ1) is 5.86. The van der Waals surface area contributed by atoms with E-state index in [4.69, 9.17) is 15.3 Å². The second-order valence-electron chi connectivity index (χ2n) is 2.38. The minimum atomic E-state index is -1.68. The van der Waals surface area contributed by atoms with Gasteiger partial charge in [0.2, 0.25) is 0 Å². The lowest BCUT2D eigenvalue weighted by Crippen LogP contribution is -2.42. The van der Waals surface area contributed by atoms with Crippen molar-refractivity contribution in [1.82, 2.24) is 4.90 Å². The number of hydrogen-bond acceptors (Lipinski definition) is 3. The van der Waals surface area contributed by atoms with E-state index >= 15 is 0 Å². The third-order valence-electron chi connectivity index (χ3n) is 1.32. The van der Waals surface area contributed by atoms with Crippen molar-refractivity contribution < 1.29 is 29.7 Å². The third kappa shape index (κ3) is 3.41. The summed E-state index contributed by atoms with van der Waals surface area (Å²) in [7, 11) is 0. The lowest BCUT2D eigenvalue weighted by Gasteiger charge is -2.19. The summed E-state index contributed by atoms with van der Waals surface area (Å²) < 4.78 is 0. The van der Waals surface area contributed by atoms with E-state index in [2.05, 4.69) is 0 Å². The molecule has 2 amide bonds. The van der Waals surface area contributed by atoms with Gasteiger partial charge in [0.15, 0.2) is 0 Å². The van der Waals surface area contributed by atoms with Crippen LogP contribution in [0.5, 0.6) is 0 Å². The maximum absolute atomic E-state index is 10.3. The molecule has 0 saturated carbocycles. The molecule has 0 aromatic rings. The average Bonchev–Trinajstić information content (AvgIpc) is 1.81. The number of aliphatic carboxylic acids is 1. The van der Waals surface area contributed by atoms with Gasteiger partial charge in [-0.25, -0.2) is 14.5 Å². The zero-order valence-electron chi connectivity index (χ0n) is 6.80. The third-order valence-corrected chi connectivity index (χ3v) is 1.32. The predicted molar refractivity (Wildman–Crippen MR) is 39.6 cm³/mol. The van der Waals surface area contributed by atoms with Gasteiger partial charge in [0.05, 0.1) is 12.5 Å². The Bertz CT molecular complexity index is 223. The summed E-state index contributed by atoms with van der Waals surface area (Å²) in [5.41, 5.74) is 0. The van der Waals surface area contributed by atoms with Crippen LogP contribution in [0, 0.1) is 0 Å². The van der Waals surface area contributed by atoms with Crippen molar-refractivity contribution in [3.63, 3.8) is 0 Å². The molecule has 1 unspecified atom stereocenters. The van der Waals surface area contributed by atoms with E-state index in [0.29, 0.717) is 0 Å². The molecule has 0 aliphatic rings. The highest BCUT2D eigenvalue weighted by Gasteiger charge is 2.27. The number of imide groups is 1. The number of carboxylic acid groups (broad SMARTS) is 3. The van der Waals surface area contributed by atoms with Crippen molar-refractivity contribution in [2.24, 2.45) is 0 Å². The lowest BCUT2D eigenvalue weighted by molar-refractivity contribution is -0.137. The quantitative estimate of drug-likeness (QED) is 0.598. The van der Waals surface area contributed by atoms with Crippen LogP contribution in [0.4, 0.5) is 9.59 Å². The molecule has 0 fully saturated rings. The van der Waals surface area contributed by atoms with Gasteiger partial charge in [-0.05, 0) is 6.92 Å². The zero-order chi connectivity index (χ0) is 10.6. The first-order valence-electron chi connectivity index (χ1n) is 3.33. The molecule has 7 heteroatoms. The van der Waals surface area contributed by atoms with E-state index in [1.54, 1.807) is 0 Å². The molecular weight excluding hydrogens is 182 g/mol. The van der Waals surface area contributed by atoms with E-state index in [0.717, 1.165) is 0 Å². The van der Waals surface area contributed by atoms with Crippen LogP contribution in [-0.2, 0) is 4.79 Å². The first kappa shape index (κ1) is 11.2. The fourth-order valence-electron chi connectivity index (χ4n) is 0.803. The topological polar surface area (TPSA) is 115 Å². The molecule has 13 heavy (non-hydrogen) atoms. The van der Waals surface area contributed by atoms with Crippen LogP contribution in [-0.4, -0.2) is 44.4 Å². The zero-order valence-corrected chi connectivity index (χ0v) is 6.80. The van der Waals surface area contributed by atoms with Crippen molar-refractivity contribution in [1.29, 1.82) is 0 Å². The van der Waals surface area contributed by atoms with Crippen molar-refractivity contribution in [2.75, 3.05) is 0 Å². The standard InChI is InChI=1S/C6H9NO6/c1-3(2-4(8)9)7(5(10)11)6(12)13/h3H,2H2,1H3,(H,8,9)(H,10,11)(H,12,13). The van der Waals surface area contributed by atoms with E-state index in [1.807, 2.05) is 0 Å². The molecule has 3 N–H and O–H groups in total. The highest BCUT2D eigenvalue weighted by molar-refractivity contribution is 5.86. The molecule has 0 aromatic carbocycles. The van der Waals surface area contributed by atoms with Gasteiger partial charge in [-0.2, -0.15) is 0 Å². The van der Waals surface area contributed by atoms with Gasteiger partial charge in [-0.15, -0.1) is 0 Å². The van der Waals surface area contributed by atoms with Gasteiger partial charge in [0.25, 0.3) is 0 Å². The molecule has 0 aromatic heterocycles. The highest BCUT2D eigenvalue weighted by Crippen LogP contribution is 2.04. The Balaban J connectivity index is 4.46. The SMILES string of the molecule is CC(CC(=O)O)N(C(=O)O)C(=O)O. The molecule has 0 spiro atoms. The summed E-state index contributed by atoms with van der Waals surface area (Å²) in [5, 5.41) is 25.0. The van der Waals surface area contributed by atoms with Gasteiger partial charge in [0, 0.05) is 0 Å². The minimum absolute atomic E-state index is 0.0497. The molecule has 74 valence electrons. The number of carboxylic acids is 1. The molecule has 0 radical (unpaired) electrons. The second-order valence-corrected chi connectivity index (χ2v) is 2.38. The number of carbonyl (C=O) groups is 3. The fraction of sp³-hybridized carbons (Fsp3) is 0.500. The van der Waals surface area contributed by atoms with Gasteiger partial charge >= 0.3 is 18.2 Å². The molecule has 1 atom stereocenters. The maximum atomic E-state index is 10.3. The average molecular weight is 191 g/mol. The maximum Gasteiger partial charge on any atom is 0.417 e. The lowest BCUT2D eigenvalue weighted by atomic mass is 10.2. The normalized spacial score (nSPS) is 11.8. The van der Waals surface area contributed by atoms with Gasteiger partial charge in [0.1, 0.15) is 0 Å². The van der Waals surface area contributed by atoms with Gasteiger partial charge < -0.3 is 15.3 Å². The summed E-state index contributed by atoms with van der Waals surface area (Å²) in [4.78, 5) is 30.8. The molecule has 0 heterocycles. The van der Waals surface area contributed by atoms with Gasteiger partial charge in [-0.3, -0.25) is 4.79 Å². The van der Waals surface area contributed by atoms with Crippen molar-refractivity contribution in [3.05, 3.63) is 0 Å². The van der Waals surface area contributed by atoms with Crippen molar-refractivity contribution in [2.45, 2.75) is 19.4 Å². The van der Waals surface area contributed by atoms with Crippen molar-refractivity contribution >= 4 is 18.2 Å². The summed E-state index contributed by atoms with van der Waals surface area (Å²) in [6.07, 6.45) is -3.90. The first-order valence-corrected chi connectivity index (χ1v) is 3.33. The van der Waals surface area contributed by atoms with Gasteiger partial charge in [-0.1, -0.05) is 0 Å². The predicted octanol–water partition coefficient (Wildman–Crippen LogP) is 0.508. The van der Waals surface area contributed by atoms with E-state index in [-0.39, 0.29) is 4.90 Å². The van der Waals surface area contributed by atoms with Crippen LogP contribution in [0.25, 0.3) is 0 Å². The summed E-state index contributed by atoms with van der Waals surface area (Å²) in [5.74, 6) is -1.25. The highest BCUT2D eigenvalue weighted by atomic mass is 16.4. The number of amides is 2. The van der Waals surface area contributed by atoms with Crippen LogP contribution >= 0.6 is 0 Å². The Kier molecular flexibility index (Phi) is 3.70. The van der Waals surface area contributed by atoms with E-state index < -0.39 is 30.6 Å².